The molecule has 2 heterocycles. The smallest absolute Gasteiger partial charge is 0.270 e. The van der Waals surface area contributed by atoms with Gasteiger partial charge in [0.15, 0.2) is 5.11 Å². The van der Waals surface area contributed by atoms with E-state index in [0.29, 0.717) is 5.69 Å². The minimum absolute atomic E-state index is 0.0402. The molecule has 31 heavy (non-hydrogen) atoms. The molecule has 2 aromatic carbocycles. The van der Waals surface area contributed by atoms with Gasteiger partial charge in [-0.3, -0.25) is 19.8 Å². The van der Waals surface area contributed by atoms with Crippen molar-refractivity contribution in [1.82, 2.24) is 9.88 Å². The highest BCUT2D eigenvalue weighted by Gasteiger charge is 2.34. The Bertz CT molecular complexity index is 1220. The van der Waals surface area contributed by atoms with Gasteiger partial charge in [0.25, 0.3) is 11.8 Å². The first kappa shape index (κ1) is 20.8. The Kier molecular flexibility index (Phi) is 5.57. The van der Waals surface area contributed by atoms with Crippen LogP contribution in [0.2, 0.25) is 0 Å². The zero-order chi connectivity index (χ0) is 22.1. The molecule has 1 aliphatic heterocycles. The predicted molar refractivity (Wildman–Crippen MR) is 127 cm³/mol. The van der Waals surface area contributed by atoms with Gasteiger partial charge in [0, 0.05) is 17.6 Å². The topological polar surface area (TPSA) is 54.3 Å². The van der Waals surface area contributed by atoms with Crippen molar-refractivity contribution in [2.24, 2.45) is 0 Å². The van der Waals surface area contributed by atoms with Crippen LogP contribution in [0.15, 0.2) is 66.4 Å². The molecule has 0 spiro atoms. The predicted octanol–water partition coefficient (Wildman–Crippen LogP) is 4.49. The maximum atomic E-state index is 13.3. The van der Waals surface area contributed by atoms with Crippen LogP contribution in [-0.4, -0.2) is 21.5 Å². The van der Waals surface area contributed by atoms with Crippen LogP contribution in [0.3, 0.4) is 0 Å². The van der Waals surface area contributed by atoms with E-state index in [4.69, 9.17) is 12.2 Å². The number of nitrogens with one attached hydrogen (secondary N) is 1. The van der Waals surface area contributed by atoms with Crippen LogP contribution in [0.25, 0.3) is 11.8 Å². The molecule has 1 fully saturated rings. The summed E-state index contributed by atoms with van der Waals surface area (Å²) < 4.78 is 1.98. The second kappa shape index (κ2) is 8.32. The Labute approximate surface area is 187 Å². The zero-order valence-electron chi connectivity index (χ0n) is 17.7. The Morgan fingerprint density at radius 3 is 2.45 bits per heavy atom. The molecule has 6 heteroatoms. The Balaban J connectivity index is 1.75. The largest absolute Gasteiger partial charge is 0.317 e. The molecule has 0 radical (unpaired) electrons. The fourth-order valence-electron chi connectivity index (χ4n) is 3.65. The molecule has 1 aliphatic rings. The molecule has 0 saturated carbocycles. The second-order valence-electron chi connectivity index (χ2n) is 7.50. The van der Waals surface area contributed by atoms with Gasteiger partial charge in [-0.25, -0.2) is 0 Å². The monoisotopic (exact) mass is 429 g/mol. The molecule has 0 unspecified atom stereocenters. The molecular formula is C25H23N3O2S. The summed E-state index contributed by atoms with van der Waals surface area (Å²) in [6.07, 6.45) is 4.44. The minimum atomic E-state index is -0.495. The molecule has 0 aliphatic carbocycles. The van der Waals surface area contributed by atoms with E-state index in [-0.39, 0.29) is 10.7 Å². The maximum Gasteiger partial charge on any atom is 0.270 e. The SMILES string of the molecule is CCc1ccc(N2C(=O)/C(=C/c3cccn3-c3cccc(C)c3C)C(=O)NC2=S)cc1. The first-order valence-corrected chi connectivity index (χ1v) is 10.6. The number of nitrogens with zero attached hydrogens (tertiary/aromatic N) is 2. The highest BCUT2D eigenvalue weighted by atomic mass is 32.1. The first-order valence-electron chi connectivity index (χ1n) is 10.1. The molecule has 3 aromatic rings. The summed E-state index contributed by atoms with van der Waals surface area (Å²) in [6.45, 7) is 6.18. The van der Waals surface area contributed by atoms with Gasteiger partial charge in [-0.05, 0) is 85.6 Å². The van der Waals surface area contributed by atoms with Crippen LogP contribution in [0.5, 0.6) is 0 Å². The highest BCUT2D eigenvalue weighted by molar-refractivity contribution is 7.80. The number of anilines is 1. The van der Waals surface area contributed by atoms with Crippen LogP contribution in [0.1, 0.15) is 29.3 Å². The van der Waals surface area contributed by atoms with Gasteiger partial charge < -0.3 is 4.57 Å². The van der Waals surface area contributed by atoms with Crippen molar-refractivity contribution < 1.29 is 9.59 Å². The lowest BCUT2D eigenvalue weighted by Gasteiger charge is -2.29. The molecule has 2 amide bonds. The van der Waals surface area contributed by atoms with Gasteiger partial charge >= 0.3 is 0 Å². The average molecular weight is 430 g/mol. The van der Waals surface area contributed by atoms with Crippen LogP contribution >= 0.6 is 12.2 Å². The fourth-order valence-corrected chi connectivity index (χ4v) is 3.93. The van der Waals surface area contributed by atoms with Gasteiger partial charge in [0.2, 0.25) is 0 Å². The minimum Gasteiger partial charge on any atom is -0.317 e. The summed E-state index contributed by atoms with van der Waals surface area (Å²) in [5.74, 6) is -0.933. The molecular weight excluding hydrogens is 406 g/mol. The second-order valence-corrected chi connectivity index (χ2v) is 7.89. The van der Waals surface area contributed by atoms with E-state index in [9.17, 15) is 9.59 Å². The van der Waals surface area contributed by atoms with E-state index in [2.05, 4.69) is 32.2 Å². The molecule has 1 N–H and O–H groups in total. The molecule has 1 aromatic heterocycles. The Hall–Kier alpha value is -3.51. The summed E-state index contributed by atoms with van der Waals surface area (Å²) >= 11 is 5.30. The van der Waals surface area contributed by atoms with Crippen molar-refractivity contribution in [3.63, 3.8) is 0 Å². The van der Waals surface area contributed by atoms with Crippen LogP contribution < -0.4 is 10.2 Å². The van der Waals surface area contributed by atoms with Gasteiger partial charge in [-0.1, -0.05) is 31.2 Å². The molecule has 4 rings (SSSR count). The van der Waals surface area contributed by atoms with E-state index in [1.54, 1.807) is 6.08 Å². The van der Waals surface area contributed by atoms with Crippen molar-refractivity contribution in [2.45, 2.75) is 27.2 Å². The number of thiocarbonyl (C=S) groups is 1. The maximum absolute atomic E-state index is 13.3. The lowest BCUT2D eigenvalue weighted by molar-refractivity contribution is -0.122. The van der Waals surface area contributed by atoms with Crippen LogP contribution in [-0.2, 0) is 16.0 Å². The third-order valence-electron chi connectivity index (χ3n) is 5.61. The number of hydrogen-bond donors (Lipinski definition) is 1. The normalized spacial score (nSPS) is 15.5. The lowest BCUT2D eigenvalue weighted by Crippen LogP contribution is -2.54. The average Bonchev–Trinajstić information content (AvgIpc) is 3.21. The van der Waals surface area contributed by atoms with Crippen LogP contribution in [0, 0.1) is 13.8 Å². The standard InChI is InChI=1S/C25H23N3O2S/c1-4-18-10-12-19(13-11-18)28-24(30)21(23(29)26-25(28)31)15-20-8-6-14-27(20)22-9-5-7-16(2)17(22)3/h5-15H,4H2,1-3H3,(H,26,29,31)/b21-15+. The third-order valence-corrected chi connectivity index (χ3v) is 5.90. The number of aryl methyl sites for hydroxylation is 2. The van der Waals surface area contributed by atoms with E-state index >= 15 is 0 Å². The number of carbonyl (C=O) groups is 2. The van der Waals surface area contributed by atoms with E-state index in [0.717, 1.165) is 28.9 Å². The first-order chi connectivity index (χ1) is 14.9. The molecule has 156 valence electrons. The summed E-state index contributed by atoms with van der Waals surface area (Å²) in [7, 11) is 0. The van der Waals surface area contributed by atoms with E-state index < -0.39 is 11.8 Å². The number of aromatic nitrogens is 1. The van der Waals surface area contributed by atoms with Crippen molar-refractivity contribution in [3.05, 3.63) is 88.8 Å². The zero-order valence-corrected chi connectivity index (χ0v) is 18.5. The summed E-state index contributed by atoms with van der Waals surface area (Å²) in [5.41, 5.74) is 5.87. The Morgan fingerprint density at radius 2 is 1.74 bits per heavy atom. The summed E-state index contributed by atoms with van der Waals surface area (Å²) in [4.78, 5) is 27.3. The quantitative estimate of drug-likeness (QED) is 0.378. The number of carbonyl (C=O) groups excluding carboxylic acids is 2. The Morgan fingerprint density at radius 1 is 1.00 bits per heavy atom. The van der Waals surface area contributed by atoms with Crippen molar-refractivity contribution in [1.29, 1.82) is 0 Å². The summed E-state index contributed by atoms with van der Waals surface area (Å²) in [6, 6.07) is 17.4. The third kappa shape index (κ3) is 3.82. The molecule has 0 atom stereocenters. The van der Waals surface area contributed by atoms with E-state index in [1.165, 1.54) is 10.5 Å². The number of amides is 2. The summed E-state index contributed by atoms with van der Waals surface area (Å²) in [5, 5.41) is 2.73. The van der Waals surface area contributed by atoms with Crippen molar-refractivity contribution >= 4 is 40.9 Å². The number of hydrogen-bond acceptors (Lipinski definition) is 3. The van der Waals surface area contributed by atoms with Gasteiger partial charge in [0.1, 0.15) is 5.57 Å². The van der Waals surface area contributed by atoms with Gasteiger partial charge in [-0.15, -0.1) is 0 Å². The van der Waals surface area contributed by atoms with Crippen molar-refractivity contribution in [2.75, 3.05) is 4.90 Å². The molecule has 5 nitrogen and oxygen atoms in total. The highest BCUT2D eigenvalue weighted by Crippen LogP contribution is 2.25. The van der Waals surface area contributed by atoms with Crippen LogP contribution in [0.4, 0.5) is 5.69 Å². The molecule has 0 bridgehead atoms. The van der Waals surface area contributed by atoms with Crippen molar-refractivity contribution in [3.8, 4) is 5.69 Å². The fraction of sp³-hybridized carbons (Fsp3) is 0.160. The number of benzene rings is 2. The number of rotatable bonds is 4. The lowest BCUT2D eigenvalue weighted by atomic mass is 10.1. The van der Waals surface area contributed by atoms with Gasteiger partial charge in [-0.2, -0.15) is 0 Å². The molecule has 1 saturated heterocycles. The van der Waals surface area contributed by atoms with E-state index in [1.807, 2.05) is 59.3 Å². The van der Waals surface area contributed by atoms with Gasteiger partial charge in [0.05, 0.1) is 5.69 Å².